The molecular weight excluding hydrogens is 673 g/mol. The molecule has 266 valence electrons. The maximum atomic E-state index is 11.8. The van der Waals surface area contributed by atoms with Crippen LogP contribution in [0, 0.1) is 0 Å². The minimum absolute atomic E-state index is 0.0602. The van der Waals surface area contributed by atoms with E-state index in [0.717, 1.165) is 23.3 Å². The molecule has 0 unspecified atom stereocenters. The van der Waals surface area contributed by atoms with Crippen LogP contribution in [0.5, 0.6) is 11.5 Å². The molecule has 52 heavy (non-hydrogen) atoms. The van der Waals surface area contributed by atoms with Crippen LogP contribution < -0.4 is 9.47 Å². The molecule has 0 spiro atoms. The Morgan fingerprint density at radius 2 is 1.12 bits per heavy atom. The second kappa shape index (κ2) is 15.3. The molecule has 0 radical (unpaired) electrons. The number of Topliss-reactive ketones (excluding diaryl/α,β-unsaturated/α-hetero) is 1. The van der Waals surface area contributed by atoms with Crippen molar-refractivity contribution in [3.63, 3.8) is 0 Å². The summed E-state index contributed by atoms with van der Waals surface area (Å²) in [5.74, 6) is 1.20. The smallest absolute Gasteiger partial charge is 0.362 e. The minimum atomic E-state index is -3.40. The van der Waals surface area contributed by atoms with Crippen LogP contribution in [0.25, 0.3) is 11.6 Å². The minimum Gasteiger partial charge on any atom is -0.497 e. The summed E-state index contributed by atoms with van der Waals surface area (Å²) in [6, 6.07) is 38.2. The highest BCUT2D eigenvalue weighted by Gasteiger charge is 2.33. The number of hydrogen-bond acceptors (Lipinski definition) is 6. The van der Waals surface area contributed by atoms with Gasteiger partial charge in [0.2, 0.25) is 0 Å². The molecular formula is C43H42N2O6S. The van der Waals surface area contributed by atoms with Crippen molar-refractivity contribution in [3.8, 4) is 11.5 Å². The van der Waals surface area contributed by atoms with Crippen molar-refractivity contribution in [2.24, 2.45) is 0 Å². The Labute approximate surface area is 305 Å². The van der Waals surface area contributed by atoms with Gasteiger partial charge in [-0.3, -0.25) is 4.79 Å². The third-order valence-corrected chi connectivity index (χ3v) is 11.0. The number of benzene rings is 5. The van der Waals surface area contributed by atoms with Gasteiger partial charge in [0.15, 0.2) is 9.84 Å². The second-order valence-corrected chi connectivity index (χ2v) is 15.3. The molecule has 0 saturated carbocycles. The van der Waals surface area contributed by atoms with E-state index < -0.39 is 15.6 Å². The molecule has 6 rings (SSSR count). The molecule has 0 aromatic heterocycles. The number of nitrogens with zero attached hydrogens (tertiary/aromatic N) is 2. The molecule has 5 aromatic carbocycles. The Kier molecular flexibility index (Phi) is 11.1. The summed E-state index contributed by atoms with van der Waals surface area (Å²) in [5.41, 5.74) is 15.5. The van der Waals surface area contributed by atoms with Crippen molar-refractivity contribution in [2.45, 2.75) is 43.1 Å². The zero-order chi connectivity index (χ0) is 37.7. The molecule has 5 aromatic rings. The first-order chi connectivity index (χ1) is 24.8. The van der Waals surface area contributed by atoms with Crippen molar-refractivity contribution in [1.29, 1.82) is 0 Å². The van der Waals surface area contributed by atoms with E-state index in [1.54, 1.807) is 14.2 Å². The monoisotopic (exact) mass is 714 g/mol. The van der Waals surface area contributed by atoms with E-state index >= 15 is 0 Å². The van der Waals surface area contributed by atoms with E-state index in [1.807, 2.05) is 36.4 Å². The van der Waals surface area contributed by atoms with E-state index in [2.05, 4.69) is 86.2 Å². The average Bonchev–Trinajstić information content (AvgIpc) is 3.17. The zero-order valence-electron chi connectivity index (χ0n) is 30.1. The van der Waals surface area contributed by atoms with Crippen LogP contribution in [0.1, 0.15) is 70.1 Å². The topological polar surface area (TPSA) is 126 Å². The number of hydrogen-bond donors (Lipinski definition) is 1. The fraction of sp³-hybridized carbons (Fsp3) is 0.209. The van der Waals surface area contributed by atoms with Crippen LogP contribution in [0.15, 0.2) is 126 Å². The molecule has 0 atom stereocenters. The lowest BCUT2D eigenvalue weighted by Crippen LogP contribution is -2.26. The molecule has 1 N–H and O–H groups in total. The van der Waals surface area contributed by atoms with Crippen LogP contribution in [0.4, 0.5) is 0 Å². The maximum absolute atomic E-state index is 11.8. The largest absolute Gasteiger partial charge is 0.497 e. The fourth-order valence-electron chi connectivity index (χ4n) is 6.45. The summed E-state index contributed by atoms with van der Waals surface area (Å²) in [5, 5.41) is 9.39. The molecule has 9 heteroatoms. The molecule has 0 bridgehead atoms. The predicted molar refractivity (Wildman–Crippen MR) is 204 cm³/mol. The van der Waals surface area contributed by atoms with Crippen molar-refractivity contribution < 1.29 is 32.6 Å². The number of sulfone groups is 1. The number of aliphatic hydroxyl groups is 1. The summed E-state index contributed by atoms with van der Waals surface area (Å²) in [6.45, 7) is 6.80. The number of ketones is 1. The molecule has 0 saturated heterocycles. The van der Waals surface area contributed by atoms with Gasteiger partial charge >= 0.3 is 5.71 Å². The first kappa shape index (κ1) is 37.7. The van der Waals surface area contributed by atoms with E-state index in [4.69, 9.17) is 15.0 Å². The Bertz CT molecular complexity index is 2200. The van der Waals surface area contributed by atoms with Gasteiger partial charge in [-0.2, -0.15) is 4.79 Å². The normalized spacial score (nSPS) is 12.7. The Morgan fingerprint density at radius 1 is 0.673 bits per heavy atom. The quantitative estimate of drug-likeness (QED) is 0.0942. The van der Waals surface area contributed by atoms with Gasteiger partial charge in [0.1, 0.15) is 11.5 Å². The number of carbonyl (C=O) groups is 1. The Morgan fingerprint density at radius 3 is 1.54 bits per heavy atom. The molecule has 0 amide bonds. The zero-order valence-corrected chi connectivity index (χ0v) is 30.9. The first-order valence-electron chi connectivity index (χ1n) is 16.7. The third kappa shape index (κ3) is 7.53. The lowest BCUT2D eigenvalue weighted by atomic mass is 9.70. The van der Waals surface area contributed by atoms with Crippen LogP contribution in [0.2, 0.25) is 0 Å². The van der Waals surface area contributed by atoms with Gasteiger partial charge in [-0.1, -0.05) is 98.8 Å². The van der Waals surface area contributed by atoms with Gasteiger partial charge in [0.05, 0.1) is 25.7 Å². The average molecular weight is 715 g/mol. The molecule has 0 fully saturated rings. The highest BCUT2D eigenvalue weighted by atomic mass is 32.2. The molecule has 1 aliphatic carbocycles. The lowest BCUT2D eigenvalue weighted by molar-refractivity contribution is -0.00436. The van der Waals surface area contributed by atoms with Gasteiger partial charge in [-0.25, -0.2) is 8.42 Å². The summed E-state index contributed by atoms with van der Waals surface area (Å²) < 4.78 is 33.9. The molecule has 0 aliphatic heterocycles. The van der Waals surface area contributed by atoms with E-state index in [-0.39, 0.29) is 33.6 Å². The van der Waals surface area contributed by atoms with Crippen molar-refractivity contribution in [1.82, 2.24) is 0 Å². The lowest BCUT2D eigenvalue weighted by Gasteiger charge is -2.33. The summed E-state index contributed by atoms with van der Waals surface area (Å²) >= 11 is 0. The number of ether oxygens (including phenoxy) is 2. The van der Waals surface area contributed by atoms with Gasteiger partial charge in [-0.15, -0.1) is 0 Å². The van der Waals surface area contributed by atoms with E-state index in [1.165, 1.54) is 58.2 Å². The number of carbonyl (C=O) groups excluding carboxylic acids is 1. The Hall–Kier alpha value is -5.60. The van der Waals surface area contributed by atoms with E-state index in [0.29, 0.717) is 5.56 Å². The number of aliphatic hydroxyl groups excluding tert-OH is 1. The summed E-state index contributed by atoms with van der Waals surface area (Å²) in [4.78, 5) is 14.7. The van der Waals surface area contributed by atoms with Crippen LogP contribution in [-0.2, 0) is 27.3 Å². The van der Waals surface area contributed by atoms with E-state index in [9.17, 15) is 18.3 Å². The standard InChI is InChI=1S/C32H34O3.C11H8N2O3S/c1-31(2,24-8-6-23(22-33)7-9-24)25-10-12-26(13-11-25)32(3,27-14-18-29(34-4)19-15-27)28-16-20-30(35-5)21-17-28;1-17(15,16)10-4-2-3-8-7(10)5-6-9(13-12)11(8)14/h6-21,33H,22H2,1-5H3;2-6H,1H3. The van der Waals surface area contributed by atoms with Gasteiger partial charge in [-0.05, 0) is 76.7 Å². The number of fused-ring (bicyclic) bond motifs is 1. The Balaban J connectivity index is 0.000000257. The first-order valence-corrected chi connectivity index (χ1v) is 18.5. The highest BCUT2D eigenvalue weighted by Crippen LogP contribution is 2.41. The van der Waals surface area contributed by atoms with Crippen LogP contribution in [0.3, 0.4) is 0 Å². The second-order valence-electron chi connectivity index (χ2n) is 13.3. The van der Waals surface area contributed by atoms with Crippen molar-refractivity contribution in [3.05, 3.63) is 171 Å². The summed E-state index contributed by atoms with van der Waals surface area (Å²) in [6.07, 6.45) is 3.83. The number of methoxy groups -OCH3 is 2. The fourth-order valence-corrected chi connectivity index (χ4v) is 7.36. The maximum Gasteiger partial charge on any atom is 0.362 e. The summed E-state index contributed by atoms with van der Waals surface area (Å²) in [7, 11) is -0.0178. The van der Waals surface area contributed by atoms with Gasteiger partial charge < -0.3 is 20.1 Å². The van der Waals surface area contributed by atoms with Crippen molar-refractivity contribution in [2.75, 3.05) is 20.5 Å². The number of rotatable bonds is 9. The van der Waals surface area contributed by atoms with Gasteiger partial charge in [0.25, 0.3) is 5.78 Å². The number of allylic oxidation sites excluding steroid dienone is 1. The van der Waals surface area contributed by atoms with Crippen molar-refractivity contribution >= 4 is 27.4 Å². The SMILES string of the molecule is COc1ccc(C(C)(c2ccc(OC)cc2)c2ccc(C(C)(C)c3ccc(CO)cc3)cc2)cc1.CS(=O)(=O)c1cccc2c1C=CC(=[N+]=[N-])C2=O. The molecule has 1 aliphatic rings. The molecule has 8 nitrogen and oxygen atoms in total. The molecule has 0 heterocycles. The van der Waals surface area contributed by atoms with Crippen LogP contribution in [-0.4, -0.2) is 50.3 Å². The highest BCUT2D eigenvalue weighted by molar-refractivity contribution is 7.90. The third-order valence-electron chi connectivity index (χ3n) is 9.84. The van der Waals surface area contributed by atoms with Crippen LogP contribution >= 0.6 is 0 Å². The van der Waals surface area contributed by atoms with Gasteiger partial charge in [0, 0.05) is 34.3 Å². The predicted octanol–water partition coefficient (Wildman–Crippen LogP) is 7.85.